The van der Waals surface area contributed by atoms with Crippen molar-refractivity contribution >= 4 is 5.71 Å². The lowest BCUT2D eigenvalue weighted by Gasteiger charge is -2.17. The van der Waals surface area contributed by atoms with Crippen LogP contribution >= 0.6 is 0 Å². The second kappa shape index (κ2) is 6.40. The molecule has 0 saturated heterocycles. The molecule has 0 saturated carbocycles. The van der Waals surface area contributed by atoms with E-state index in [2.05, 4.69) is 11.2 Å². The van der Waals surface area contributed by atoms with Crippen LogP contribution in [0.1, 0.15) is 30.4 Å². The van der Waals surface area contributed by atoms with Gasteiger partial charge in [0.1, 0.15) is 5.75 Å². The molecule has 0 fully saturated rings. The molecular weight excluding hydrogens is 230 g/mol. The van der Waals surface area contributed by atoms with Crippen molar-refractivity contribution in [2.45, 2.75) is 25.7 Å². The molecule has 2 rings (SSSR count). The zero-order valence-electron chi connectivity index (χ0n) is 10.7. The molecule has 98 valence electrons. The van der Waals surface area contributed by atoms with Gasteiger partial charge in [-0.1, -0.05) is 11.2 Å². The van der Waals surface area contributed by atoms with Gasteiger partial charge in [0.15, 0.2) is 0 Å². The zero-order valence-corrected chi connectivity index (χ0v) is 10.7. The number of hydrogen-bond acceptors (Lipinski definition) is 4. The highest BCUT2D eigenvalue weighted by Gasteiger charge is 2.16. The molecule has 1 aliphatic carbocycles. The van der Waals surface area contributed by atoms with Gasteiger partial charge in [0, 0.05) is 25.7 Å². The highest BCUT2D eigenvalue weighted by Crippen LogP contribution is 2.26. The van der Waals surface area contributed by atoms with Crippen LogP contribution in [-0.2, 0) is 11.2 Å². The molecule has 1 aliphatic rings. The van der Waals surface area contributed by atoms with Crippen LogP contribution in [0.5, 0.6) is 5.75 Å². The van der Waals surface area contributed by atoms with Gasteiger partial charge in [-0.2, -0.15) is 0 Å². The van der Waals surface area contributed by atoms with Gasteiger partial charge < -0.3 is 14.7 Å². The van der Waals surface area contributed by atoms with E-state index in [0.717, 1.165) is 42.7 Å². The third kappa shape index (κ3) is 3.01. The van der Waals surface area contributed by atoms with Gasteiger partial charge in [-0.25, -0.2) is 0 Å². The van der Waals surface area contributed by atoms with Crippen LogP contribution in [0.2, 0.25) is 0 Å². The van der Waals surface area contributed by atoms with Gasteiger partial charge in [0.2, 0.25) is 0 Å². The fraction of sp³-hybridized carbons (Fsp3) is 0.500. The first-order valence-electron chi connectivity index (χ1n) is 6.31. The Bertz CT molecular complexity index is 429. The highest BCUT2D eigenvalue weighted by atomic mass is 16.5. The Kier molecular flexibility index (Phi) is 4.59. The standard InChI is InChI=1S/C14H19NO3/c1-17-8-3-9-18-12-7-6-11-4-2-5-14(15-16)13(11)10-12/h6-7,10,16H,2-5,8-9H2,1H3/b15-14-. The number of hydrogen-bond donors (Lipinski definition) is 1. The summed E-state index contributed by atoms with van der Waals surface area (Å²) in [6, 6.07) is 6.01. The van der Waals surface area contributed by atoms with Crippen molar-refractivity contribution in [3.63, 3.8) is 0 Å². The molecule has 1 aromatic rings. The van der Waals surface area contributed by atoms with Crippen molar-refractivity contribution in [2.75, 3.05) is 20.3 Å². The smallest absolute Gasteiger partial charge is 0.119 e. The average molecular weight is 249 g/mol. The van der Waals surface area contributed by atoms with E-state index in [9.17, 15) is 0 Å². The van der Waals surface area contributed by atoms with Crippen LogP contribution in [0.4, 0.5) is 0 Å². The Labute approximate surface area is 107 Å². The number of ether oxygens (including phenoxy) is 2. The fourth-order valence-corrected chi connectivity index (χ4v) is 2.21. The molecule has 0 aromatic heterocycles. The number of methoxy groups -OCH3 is 1. The summed E-state index contributed by atoms with van der Waals surface area (Å²) in [7, 11) is 1.68. The maximum atomic E-state index is 9.01. The van der Waals surface area contributed by atoms with E-state index in [1.165, 1.54) is 5.56 Å². The van der Waals surface area contributed by atoms with Crippen LogP contribution in [0, 0.1) is 0 Å². The summed E-state index contributed by atoms with van der Waals surface area (Å²) in [5.41, 5.74) is 3.02. The predicted octanol–water partition coefficient (Wildman–Crippen LogP) is 2.62. The lowest BCUT2D eigenvalue weighted by Crippen LogP contribution is -2.12. The van der Waals surface area contributed by atoms with Crippen molar-refractivity contribution < 1.29 is 14.7 Å². The minimum absolute atomic E-state index is 0.637. The topological polar surface area (TPSA) is 51.0 Å². The lowest BCUT2D eigenvalue weighted by atomic mass is 9.90. The molecule has 0 radical (unpaired) electrons. The number of oxime groups is 1. The maximum absolute atomic E-state index is 9.01. The summed E-state index contributed by atoms with van der Waals surface area (Å²) in [5, 5.41) is 12.4. The lowest BCUT2D eigenvalue weighted by molar-refractivity contribution is 0.172. The average Bonchev–Trinajstić information content (AvgIpc) is 2.43. The molecule has 0 spiro atoms. The molecular formula is C14H19NO3. The van der Waals surface area contributed by atoms with Gasteiger partial charge in [0.05, 0.1) is 12.3 Å². The fourth-order valence-electron chi connectivity index (χ4n) is 2.21. The number of fused-ring (bicyclic) bond motifs is 1. The molecule has 0 heterocycles. The van der Waals surface area contributed by atoms with Crippen molar-refractivity contribution in [3.8, 4) is 5.75 Å². The molecule has 0 bridgehead atoms. The Hall–Kier alpha value is -1.55. The number of aryl methyl sites for hydroxylation is 1. The molecule has 4 heteroatoms. The minimum atomic E-state index is 0.637. The Morgan fingerprint density at radius 1 is 1.28 bits per heavy atom. The van der Waals surface area contributed by atoms with E-state index in [1.807, 2.05) is 12.1 Å². The van der Waals surface area contributed by atoms with Crippen LogP contribution in [0.15, 0.2) is 23.4 Å². The molecule has 0 atom stereocenters. The minimum Gasteiger partial charge on any atom is -0.493 e. The largest absolute Gasteiger partial charge is 0.493 e. The molecule has 1 aromatic carbocycles. The first-order chi connectivity index (χ1) is 8.85. The monoisotopic (exact) mass is 249 g/mol. The van der Waals surface area contributed by atoms with Gasteiger partial charge in [-0.3, -0.25) is 0 Å². The molecule has 0 unspecified atom stereocenters. The molecule has 1 N–H and O–H groups in total. The van der Waals surface area contributed by atoms with Crippen molar-refractivity contribution in [2.24, 2.45) is 5.16 Å². The summed E-state index contributed by atoms with van der Waals surface area (Å²) in [6.45, 7) is 1.34. The third-order valence-corrected chi connectivity index (χ3v) is 3.13. The van der Waals surface area contributed by atoms with Crippen LogP contribution in [0.3, 0.4) is 0 Å². The van der Waals surface area contributed by atoms with E-state index >= 15 is 0 Å². The van der Waals surface area contributed by atoms with Crippen LogP contribution < -0.4 is 4.74 Å². The van der Waals surface area contributed by atoms with E-state index < -0.39 is 0 Å². The number of rotatable bonds is 5. The highest BCUT2D eigenvalue weighted by molar-refractivity contribution is 6.02. The second-order valence-corrected chi connectivity index (χ2v) is 4.41. The molecule has 0 aliphatic heterocycles. The summed E-state index contributed by atoms with van der Waals surface area (Å²) in [4.78, 5) is 0. The first kappa shape index (κ1) is 12.9. The SMILES string of the molecule is COCCCOc1ccc2c(c1)/C(=N\O)CCC2. The number of nitrogens with zero attached hydrogens (tertiary/aromatic N) is 1. The molecule has 0 amide bonds. The molecule has 18 heavy (non-hydrogen) atoms. The van der Waals surface area contributed by atoms with E-state index in [0.29, 0.717) is 13.2 Å². The Balaban J connectivity index is 2.06. The summed E-state index contributed by atoms with van der Waals surface area (Å²) < 4.78 is 10.6. The second-order valence-electron chi connectivity index (χ2n) is 4.41. The van der Waals surface area contributed by atoms with Gasteiger partial charge >= 0.3 is 0 Å². The summed E-state index contributed by atoms with van der Waals surface area (Å²) in [5.74, 6) is 0.827. The molecule has 4 nitrogen and oxygen atoms in total. The summed E-state index contributed by atoms with van der Waals surface area (Å²) >= 11 is 0. The van der Waals surface area contributed by atoms with E-state index in [1.54, 1.807) is 7.11 Å². The van der Waals surface area contributed by atoms with Gasteiger partial charge in [-0.15, -0.1) is 0 Å². The summed E-state index contributed by atoms with van der Waals surface area (Å²) in [6.07, 6.45) is 3.78. The van der Waals surface area contributed by atoms with E-state index in [4.69, 9.17) is 14.7 Å². The van der Waals surface area contributed by atoms with Crippen molar-refractivity contribution in [1.82, 2.24) is 0 Å². The van der Waals surface area contributed by atoms with Crippen molar-refractivity contribution in [1.29, 1.82) is 0 Å². The zero-order chi connectivity index (χ0) is 12.8. The third-order valence-electron chi connectivity index (χ3n) is 3.13. The van der Waals surface area contributed by atoms with Crippen LogP contribution in [-0.4, -0.2) is 31.2 Å². The Morgan fingerprint density at radius 2 is 2.17 bits per heavy atom. The van der Waals surface area contributed by atoms with Crippen molar-refractivity contribution in [3.05, 3.63) is 29.3 Å². The van der Waals surface area contributed by atoms with E-state index in [-0.39, 0.29) is 0 Å². The Morgan fingerprint density at radius 3 is 2.94 bits per heavy atom. The normalized spacial score (nSPS) is 16.6. The van der Waals surface area contributed by atoms with Gasteiger partial charge in [-0.05, 0) is 37.0 Å². The maximum Gasteiger partial charge on any atom is 0.119 e. The quantitative estimate of drug-likeness (QED) is 0.496. The van der Waals surface area contributed by atoms with Gasteiger partial charge in [0.25, 0.3) is 0 Å². The first-order valence-corrected chi connectivity index (χ1v) is 6.31. The predicted molar refractivity (Wildman–Crippen MR) is 69.7 cm³/mol. The number of benzene rings is 1. The van der Waals surface area contributed by atoms with Crippen LogP contribution in [0.25, 0.3) is 0 Å².